The van der Waals surface area contributed by atoms with Gasteiger partial charge in [0, 0.05) is 26.2 Å². The number of morpholine rings is 1. The highest BCUT2D eigenvalue weighted by atomic mass is 16.5. The Balaban J connectivity index is 1.59. The van der Waals surface area contributed by atoms with Crippen LogP contribution in [0.1, 0.15) is 48.2 Å². The summed E-state index contributed by atoms with van der Waals surface area (Å²) < 4.78 is 16.6. The molecule has 2 aliphatic rings. The van der Waals surface area contributed by atoms with Crippen molar-refractivity contribution >= 4 is 17.5 Å². The molecule has 2 aliphatic heterocycles. The summed E-state index contributed by atoms with van der Waals surface area (Å²) >= 11 is 0. The van der Waals surface area contributed by atoms with Crippen molar-refractivity contribution in [3.8, 4) is 5.75 Å². The van der Waals surface area contributed by atoms with Gasteiger partial charge in [0.05, 0.1) is 25.4 Å². The molecule has 8 heteroatoms. The van der Waals surface area contributed by atoms with Crippen molar-refractivity contribution in [1.29, 1.82) is 0 Å². The second kappa shape index (κ2) is 10.5. The van der Waals surface area contributed by atoms with Gasteiger partial charge in [0.15, 0.2) is 5.76 Å². The molecular formula is C26H32N2O6. The van der Waals surface area contributed by atoms with Crippen molar-refractivity contribution in [2.45, 2.75) is 39.3 Å². The average Bonchev–Trinajstić information content (AvgIpc) is 3.36. The van der Waals surface area contributed by atoms with E-state index in [4.69, 9.17) is 13.9 Å². The van der Waals surface area contributed by atoms with E-state index in [0.29, 0.717) is 37.7 Å². The Labute approximate surface area is 199 Å². The lowest BCUT2D eigenvalue weighted by Crippen LogP contribution is -2.39. The van der Waals surface area contributed by atoms with E-state index in [2.05, 4.69) is 4.90 Å². The number of carbonyl (C=O) groups excluding carboxylic acids is 3. The molecule has 1 amide bonds. The van der Waals surface area contributed by atoms with Crippen LogP contribution in [0.4, 0.5) is 0 Å². The Bertz CT molecular complexity index is 1020. The minimum atomic E-state index is -1.14. The first kappa shape index (κ1) is 24.2. The Morgan fingerprint density at radius 1 is 1.06 bits per heavy atom. The topological polar surface area (TPSA) is 89.3 Å². The van der Waals surface area contributed by atoms with Crippen molar-refractivity contribution in [3.63, 3.8) is 0 Å². The van der Waals surface area contributed by atoms with Gasteiger partial charge in [-0.05, 0) is 57.0 Å². The molecule has 1 aromatic carbocycles. The van der Waals surface area contributed by atoms with E-state index >= 15 is 0 Å². The first-order valence-electron chi connectivity index (χ1n) is 11.9. The maximum absolute atomic E-state index is 13.3. The van der Waals surface area contributed by atoms with Gasteiger partial charge in [-0.15, -0.1) is 0 Å². The quantitative estimate of drug-likeness (QED) is 0.317. The summed E-state index contributed by atoms with van der Waals surface area (Å²) in [6.07, 6.45) is 0.721. The number of hydrogen-bond acceptors (Lipinski definition) is 7. The van der Waals surface area contributed by atoms with Gasteiger partial charge in [-0.25, -0.2) is 0 Å². The van der Waals surface area contributed by atoms with Gasteiger partial charge in [0.2, 0.25) is 11.6 Å². The SMILES string of the molecule is Cc1ccc(C(=O)C2C(=O)C(=O)N(CCCN3CCOCC3)C2c2ccc(OC(C)C)cc2)o1. The second-order valence-corrected chi connectivity index (χ2v) is 9.10. The molecule has 2 atom stereocenters. The molecule has 0 bridgehead atoms. The van der Waals surface area contributed by atoms with Gasteiger partial charge in [-0.2, -0.15) is 0 Å². The molecule has 8 nitrogen and oxygen atoms in total. The van der Waals surface area contributed by atoms with Gasteiger partial charge in [-0.1, -0.05) is 12.1 Å². The van der Waals surface area contributed by atoms with Gasteiger partial charge in [0.25, 0.3) is 5.91 Å². The highest BCUT2D eigenvalue weighted by Gasteiger charge is 2.52. The minimum absolute atomic E-state index is 0.0219. The monoisotopic (exact) mass is 468 g/mol. The van der Waals surface area contributed by atoms with Crippen LogP contribution in [-0.4, -0.2) is 72.8 Å². The lowest BCUT2D eigenvalue weighted by Gasteiger charge is -2.30. The molecule has 2 aromatic rings. The molecule has 4 rings (SSSR count). The number of nitrogens with zero attached hydrogens (tertiary/aromatic N) is 2. The van der Waals surface area contributed by atoms with E-state index in [1.165, 1.54) is 0 Å². The van der Waals surface area contributed by atoms with Crippen molar-refractivity contribution < 1.29 is 28.3 Å². The number of carbonyl (C=O) groups is 3. The average molecular weight is 469 g/mol. The summed E-state index contributed by atoms with van der Waals surface area (Å²) in [5, 5.41) is 0. The van der Waals surface area contributed by atoms with Crippen LogP contribution in [0.2, 0.25) is 0 Å². The molecule has 34 heavy (non-hydrogen) atoms. The normalized spacial score (nSPS) is 21.5. The fraction of sp³-hybridized carbons (Fsp3) is 0.500. The Hall–Kier alpha value is -2.97. The summed E-state index contributed by atoms with van der Waals surface area (Å²) in [7, 11) is 0. The molecule has 2 unspecified atom stereocenters. The summed E-state index contributed by atoms with van der Waals surface area (Å²) in [6, 6.07) is 9.85. The number of rotatable bonds is 9. The number of aryl methyl sites for hydroxylation is 1. The maximum atomic E-state index is 13.3. The van der Waals surface area contributed by atoms with Gasteiger partial charge >= 0.3 is 0 Å². The molecular weight excluding hydrogens is 436 g/mol. The number of Topliss-reactive ketones (excluding diaryl/α,β-unsaturated/α-hetero) is 2. The highest BCUT2D eigenvalue weighted by molar-refractivity contribution is 6.43. The van der Waals surface area contributed by atoms with Crippen molar-refractivity contribution in [2.75, 3.05) is 39.4 Å². The number of benzene rings is 1. The fourth-order valence-electron chi connectivity index (χ4n) is 4.63. The molecule has 0 spiro atoms. The summed E-state index contributed by atoms with van der Waals surface area (Å²) in [6.45, 7) is 9.92. The van der Waals surface area contributed by atoms with Crippen LogP contribution in [0, 0.1) is 12.8 Å². The molecule has 1 aromatic heterocycles. The Morgan fingerprint density at radius 3 is 2.38 bits per heavy atom. The number of likely N-dealkylation sites (tertiary alicyclic amines) is 1. The zero-order valence-corrected chi connectivity index (χ0v) is 20.0. The van der Waals surface area contributed by atoms with Crippen LogP contribution in [0.25, 0.3) is 0 Å². The first-order chi connectivity index (χ1) is 16.3. The number of furan rings is 1. The van der Waals surface area contributed by atoms with Crippen molar-refractivity contribution in [1.82, 2.24) is 9.80 Å². The summed E-state index contributed by atoms with van der Waals surface area (Å²) in [5.41, 5.74) is 0.725. The van der Waals surface area contributed by atoms with Gasteiger partial charge < -0.3 is 18.8 Å². The van der Waals surface area contributed by atoms with Crippen LogP contribution in [0.15, 0.2) is 40.8 Å². The smallest absolute Gasteiger partial charge is 0.291 e. The number of ketones is 2. The highest BCUT2D eigenvalue weighted by Crippen LogP contribution is 2.39. The van der Waals surface area contributed by atoms with E-state index in [1.54, 1.807) is 24.0 Å². The number of hydrogen-bond donors (Lipinski definition) is 0. The molecule has 2 fully saturated rings. The van der Waals surface area contributed by atoms with Crippen LogP contribution in [0.5, 0.6) is 5.75 Å². The standard InChI is InChI=1S/C26H32N2O6/c1-17(2)33-20-8-6-19(7-9-20)23-22(24(29)21-10-5-18(3)34-21)25(30)26(31)28(23)12-4-11-27-13-15-32-16-14-27/h5-10,17,22-23H,4,11-16H2,1-3H3. The predicted octanol–water partition coefficient (Wildman–Crippen LogP) is 3.05. The van der Waals surface area contributed by atoms with Crippen LogP contribution >= 0.6 is 0 Å². The minimum Gasteiger partial charge on any atom is -0.491 e. The molecule has 0 saturated carbocycles. The largest absolute Gasteiger partial charge is 0.491 e. The van der Waals surface area contributed by atoms with E-state index in [-0.39, 0.29) is 11.9 Å². The van der Waals surface area contributed by atoms with Crippen LogP contribution in [0.3, 0.4) is 0 Å². The van der Waals surface area contributed by atoms with Crippen molar-refractivity contribution in [2.24, 2.45) is 5.92 Å². The van der Waals surface area contributed by atoms with Gasteiger partial charge in [-0.3, -0.25) is 19.3 Å². The second-order valence-electron chi connectivity index (χ2n) is 9.10. The van der Waals surface area contributed by atoms with Gasteiger partial charge in [0.1, 0.15) is 17.4 Å². The van der Waals surface area contributed by atoms with E-state index in [0.717, 1.165) is 25.2 Å². The van der Waals surface area contributed by atoms with Crippen molar-refractivity contribution in [3.05, 3.63) is 53.5 Å². The molecule has 0 radical (unpaired) electrons. The Kier molecular flexibility index (Phi) is 7.48. The third-order valence-corrected chi connectivity index (χ3v) is 6.24. The first-order valence-corrected chi connectivity index (χ1v) is 11.9. The zero-order chi connectivity index (χ0) is 24.2. The zero-order valence-electron chi connectivity index (χ0n) is 20.0. The summed E-state index contributed by atoms with van der Waals surface area (Å²) in [5.74, 6) is -1.53. The predicted molar refractivity (Wildman–Crippen MR) is 125 cm³/mol. The Morgan fingerprint density at radius 2 is 1.76 bits per heavy atom. The van der Waals surface area contributed by atoms with E-state index < -0.39 is 29.4 Å². The number of amides is 1. The number of ether oxygens (including phenoxy) is 2. The molecule has 2 saturated heterocycles. The molecule has 0 N–H and O–H groups in total. The molecule has 182 valence electrons. The lowest BCUT2D eigenvalue weighted by molar-refractivity contribution is -0.140. The van der Waals surface area contributed by atoms with E-state index in [9.17, 15) is 14.4 Å². The van der Waals surface area contributed by atoms with Crippen LogP contribution < -0.4 is 4.74 Å². The molecule has 3 heterocycles. The lowest BCUT2D eigenvalue weighted by atomic mass is 9.88. The van der Waals surface area contributed by atoms with E-state index in [1.807, 2.05) is 38.1 Å². The molecule has 0 aliphatic carbocycles. The fourth-order valence-corrected chi connectivity index (χ4v) is 4.63. The third kappa shape index (κ3) is 5.23. The van der Waals surface area contributed by atoms with Crippen LogP contribution in [-0.2, 0) is 14.3 Å². The summed E-state index contributed by atoms with van der Waals surface area (Å²) in [4.78, 5) is 43.3. The third-order valence-electron chi connectivity index (χ3n) is 6.24. The maximum Gasteiger partial charge on any atom is 0.291 e.